The first-order valence-electron chi connectivity index (χ1n) is 27.0. The van der Waals surface area contributed by atoms with E-state index in [0.717, 1.165) is 51.4 Å². The van der Waals surface area contributed by atoms with Crippen molar-refractivity contribution in [3.8, 4) is 0 Å². The van der Waals surface area contributed by atoms with Crippen LogP contribution >= 0.6 is 0 Å². The molecular formula is C57H105NO3. The Balaban J connectivity index is 3.58. The van der Waals surface area contributed by atoms with Crippen molar-refractivity contribution in [1.82, 2.24) is 5.32 Å². The minimum absolute atomic E-state index is 0.0802. The van der Waals surface area contributed by atoms with Crippen LogP contribution in [0.25, 0.3) is 0 Å². The molecule has 4 heteroatoms. The van der Waals surface area contributed by atoms with Gasteiger partial charge in [-0.25, -0.2) is 0 Å². The summed E-state index contributed by atoms with van der Waals surface area (Å²) in [5, 5.41) is 23.1. The Bertz CT molecular complexity index is 1010. The molecule has 2 atom stereocenters. The van der Waals surface area contributed by atoms with Crippen LogP contribution in [0, 0.1) is 0 Å². The third kappa shape index (κ3) is 49.0. The van der Waals surface area contributed by atoms with E-state index in [2.05, 4.69) is 67.8 Å². The number of nitrogens with one attached hydrogen (secondary N) is 1. The Labute approximate surface area is 381 Å². The molecule has 0 spiro atoms. The first kappa shape index (κ1) is 59.1. The molecule has 356 valence electrons. The minimum Gasteiger partial charge on any atom is -0.394 e. The van der Waals surface area contributed by atoms with Crippen LogP contribution in [0.1, 0.15) is 277 Å². The number of carbonyl (C=O) groups is 1. The Kier molecular flexibility index (Phi) is 50.8. The van der Waals surface area contributed by atoms with Gasteiger partial charge in [-0.05, 0) is 70.6 Å². The third-order valence-electron chi connectivity index (χ3n) is 12.2. The second-order valence-electron chi connectivity index (χ2n) is 18.3. The first-order valence-corrected chi connectivity index (χ1v) is 27.0. The van der Waals surface area contributed by atoms with Gasteiger partial charge in [-0.3, -0.25) is 4.79 Å². The van der Waals surface area contributed by atoms with Crippen LogP contribution in [0.5, 0.6) is 0 Å². The lowest BCUT2D eigenvalue weighted by molar-refractivity contribution is -0.123. The van der Waals surface area contributed by atoms with Crippen molar-refractivity contribution in [2.24, 2.45) is 0 Å². The number of aliphatic hydroxyl groups excluding tert-OH is 2. The van der Waals surface area contributed by atoms with Crippen LogP contribution in [0.15, 0.2) is 60.8 Å². The van der Waals surface area contributed by atoms with E-state index in [1.807, 2.05) is 6.08 Å². The summed E-state index contributed by atoms with van der Waals surface area (Å²) in [7, 11) is 0. The van der Waals surface area contributed by atoms with Gasteiger partial charge >= 0.3 is 0 Å². The van der Waals surface area contributed by atoms with Gasteiger partial charge in [-0.1, -0.05) is 261 Å². The topological polar surface area (TPSA) is 69.6 Å². The molecule has 0 rings (SSSR count). The lowest BCUT2D eigenvalue weighted by atomic mass is 10.0. The smallest absolute Gasteiger partial charge is 0.220 e. The fourth-order valence-electron chi connectivity index (χ4n) is 8.09. The average molecular weight is 852 g/mol. The van der Waals surface area contributed by atoms with Crippen LogP contribution in [0.2, 0.25) is 0 Å². The van der Waals surface area contributed by atoms with E-state index in [9.17, 15) is 15.0 Å². The van der Waals surface area contributed by atoms with Crippen molar-refractivity contribution in [2.75, 3.05) is 6.61 Å². The van der Waals surface area contributed by atoms with Gasteiger partial charge in [0, 0.05) is 6.42 Å². The van der Waals surface area contributed by atoms with Gasteiger partial charge in [0.05, 0.1) is 18.8 Å². The van der Waals surface area contributed by atoms with E-state index in [1.54, 1.807) is 6.08 Å². The fourth-order valence-corrected chi connectivity index (χ4v) is 8.09. The van der Waals surface area contributed by atoms with E-state index in [1.165, 1.54) is 205 Å². The van der Waals surface area contributed by atoms with E-state index in [4.69, 9.17) is 0 Å². The zero-order valence-electron chi connectivity index (χ0n) is 40.9. The zero-order chi connectivity index (χ0) is 44.2. The second-order valence-corrected chi connectivity index (χ2v) is 18.3. The quantitative estimate of drug-likeness (QED) is 0.0422. The van der Waals surface area contributed by atoms with Gasteiger partial charge in [-0.15, -0.1) is 0 Å². The highest BCUT2D eigenvalue weighted by Crippen LogP contribution is 2.16. The zero-order valence-corrected chi connectivity index (χ0v) is 40.9. The molecule has 0 fully saturated rings. The number of amides is 1. The molecule has 0 aliphatic carbocycles. The number of unbranched alkanes of at least 4 members (excludes halogenated alkanes) is 34. The Morgan fingerprint density at radius 1 is 0.393 bits per heavy atom. The predicted octanol–water partition coefficient (Wildman–Crippen LogP) is 17.6. The first-order chi connectivity index (χ1) is 30.2. The molecule has 0 heterocycles. The maximum Gasteiger partial charge on any atom is 0.220 e. The van der Waals surface area contributed by atoms with Crippen molar-refractivity contribution >= 4 is 5.91 Å². The van der Waals surface area contributed by atoms with Gasteiger partial charge in [0.2, 0.25) is 5.91 Å². The molecule has 0 aliphatic rings. The van der Waals surface area contributed by atoms with Gasteiger partial charge in [0.1, 0.15) is 0 Å². The number of carbonyl (C=O) groups excluding carboxylic acids is 1. The number of hydrogen-bond acceptors (Lipinski definition) is 3. The number of hydrogen-bond donors (Lipinski definition) is 3. The van der Waals surface area contributed by atoms with Crippen molar-refractivity contribution in [2.45, 2.75) is 289 Å². The van der Waals surface area contributed by atoms with E-state index in [-0.39, 0.29) is 12.5 Å². The molecule has 0 bridgehead atoms. The maximum atomic E-state index is 12.4. The van der Waals surface area contributed by atoms with E-state index < -0.39 is 12.1 Å². The highest BCUT2D eigenvalue weighted by Gasteiger charge is 2.17. The molecule has 0 saturated heterocycles. The molecule has 2 unspecified atom stereocenters. The molecule has 0 radical (unpaired) electrons. The summed E-state index contributed by atoms with van der Waals surface area (Å²) in [6.45, 7) is 4.30. The monoisotopic (exact) mass is 852 g/mol. The number of allylic oxidation sites excluding steroid dienone is 9. The highest BCUT2D eigenvalue weighted by molar-refractivity contribution is 5.76. The van der Waals surface area contributed by atoms with Crippen molar-refractivity contribution < 1.29 is 15.0 Å². The van der Waals surface area contributed by atoms with Crippen molar-refractivity contribution in [3.05, 3.63) is 60.8 Å². The van der Waals surface area contributed by atoms with Crippen molar-refractivity contribution in [1.29, 1.82) is 0 Å². The summed E-state index contributed by atoms with van der Waals surface area (Å²) in [5.74, 6) is -0.0802. The molecule has 61 heavy (non-hydrogen) atoms. The summed E-state index contributed by atoms with van der Waals surface area (Å²) in [5.41, 5.74) is 0. The van der Waals surface area contributed by atoms with Gasteiger partial charge in [-0.2, -0.15) is 0 Å². The summed E-state index contributed by atoms with van der Waals surface area (Å²) >= 11 is 0. The van der Waals surface area contributed by atoms with Crippen molar-refractivity contribution in [3.63, 3.8) is 0 Å². The van der Waals surface area contributed by atoms with Crippen LogP contribution in [-0.2, 0) is 4.79 Å². The van der Waals surface area contributed by atoms with E-state index >= 15 is 0 Å². The molecule has 4 nitrogen and oxygen atoms in total. The normalized spacial score (nSPS) is 13.3. The van der Waals surface area contributed by atoms with Crippen LogP contribution < -0.4 is 5.32 Å². The average Bonchev–Trinajstić information content (AvgIpc) is 3.26. The summed E-state index contributed by atoms with van der Waals surface area (Å²) < 4.78 is 0. The summed E-state index contributed by atoms with van der Waals surface area (Å²) in [6.07, 6.45) is 73.7. The Morgan fingerprint density at radius 3 is 1.07 bits per heavy atom. The standard InChI is InChI=1S/C57H105NO3/c1-3-5-7-9-11-13-15-17-19-21-23-25-27-28-29-31-32-34-36-38-40-42-44-46-48-50-52-56(60)55(54-59)58-57(61)53-51-49-47-45-43-41-39-37-35-33-30-26-24-22-20-18-16-14-12-10-8-6-4-2/h16,18,22,24,30,33,42,44,50,52,55-56,59-60H,3-15,17,19-21,23,25-29,31-32,34-41,43,45-49,51,53-54H2,1-2H3,(H,58,61)/b18-16-,24-22-,33-30-,44-42+,52-50+. The molecule has 0 aromatic rings. The molecule has 0 aromatic carbocycles. The molecular weight excluding hydrogens is 747 g/mol. The summed E-state index contributed by atoms with van der Waals surface area (Å²) in [6, 6.07) is -0.647. The molecule has 0 saturated carbocycles. The largest absolute Gasteiger partial charge is 0.394 e. The SMILES string of the molecule is CCCCCCC/C=C\C/C=C\C/C=C\CCCCCCCCCCC(=O)NC(CO)C(O)/C=C/CC/C=C/CCCCCCCCCCCCCCCCCCCCCC. The minimum atomic E-state index is -0.869. The maximum absolute atomic E-state index is 12.4. The third-order valence-corrected chi connectivity index (χ3v) is 12.2. The Hall–Kier alpha value is -1.91. The van der Waals surface area contributed by atoms with Gasteiger partial charge < -0.3 is 15.5 Å². The number of rotatable bonds is 49. The van der Waals surface area contributed by atoms with E-state index in [0.29, 0.717) is 6.42 Å². The molecule has 0 aliphatic heterocycles. The molecule has 1 amide bonds. The Morgan fingerprint density at radius 2 is 0.689 bits per heavy atom. The van der Waals surface area contributed by atoms with Crippen LogP contribution in [-0.4, -0.2) is 34.9 Å². The lowest BCUT2D eigenvalue weighted by Gasteiger charge is -2.19. The van der Waals surface area contributed by atoms with Crippen LogP contribution in [0.3, 0.4) is 0 Å². The van der Waals surface area contributed by atoms with Crippen LogP contribution in [0.4, 0.5) is 0 Å². The predicted molar refractivity (Wildman–Crippen MR) is 271 cm³/mol. The second kappa shape index (κ2) is 52.4. The van der Waals surface area contributed by atoms with Gasteiger partial charge in [0.15, 0.2) is 0 Å². The lowest BCUT2D eigenvalue weighted by Crippen LogP contribution is -2.45. The molecule has 0 aromatic heterocycles. The fraction of sp³-hybridized carbons (Fsp3) is 0.807. The van der Waals surface area contributed by atoms with Gasteiger partial charge in [0.25, 0.3) is 0 Å². The molecule has 3 N–H and O–H groups in total. The number of aliphatic hydroxyl groups is 2. The highest BCUT2D eigenvalue weighted by atomic mass is 16.3. The summed E-state index contributed by atoms with van der Waals surface area (Å²) in [4.78, 5) is 12.4.